The highest BCUT2D eigenvalue weighted by Gasteiger charge is 2.22. The molecule has 0 aliphatic carbocycles. The zero-order valence-electron chi connectivity index (χ0n) is 17.4. The Hall–Kier alpha value is -3.91. The van der Waals surface area contributed by atoms with Crippen molar-refractivity contribution in [1.82, 2.24) is 0 Å². The van der Waals surface area contributed by atoms with E-state index in [4.69, 9.17) is 9.47 Å². The smallest absolute Gasteiger partial charge is 0.294 e. The summed E-state index contributed by atoms with van der Waals surface area (Å²) in [5.41, 5.74) is 2.25. The van der Waals surface area contributed by atoms with E-state index in [-0.39, 0.29) is 11.6 Å². The second kappa shape index (κ2) is 9.93. The van der Waals surface area contributed by atoms with Crippen LogP contribution in [0.25, 0.3) is 0 Å². The number of nitro groups is 1. The number of hydrogen-bond donors (Lipinski definition) is 1. The van der Waals surface area contributed by atoms with Gasteiger partial charge in [-0.15, -0.1) is 0 Å². The van der Waals surface area contributed by atoms with Crippen LogP contribution in [0.3, 0.4) is 0 Å². The van der Waals surface area contributed by atoms with E-state index >= 15 is 0 Å². The second-order valence-corrected chi connectivity index (χ2v) is 7.32. The van der Waals surface area contributed by atoms with Gasteiger partial charge < -0.3 is 19.7 Å². The van der Waals surface area contributed by atoms with Crippen molar-refractivity contribution in [3.8, 4) is 5.75 Å². The lowest BCUT2D eigenvalue weighted by molar-refractivity contribution is -0.384. The number of hydrogen-bond acceptors (Lipinski definition) is 6. The molecular weight excluding hydrogens is 410 g/mol. The molecule has 8 heteroatoms. The van der Waals surface area contributed by atoms with E-state index in [9.17, 15) is 14.9 Å². The molecule has 4 rings (SSSR count). The van der Waals surface area contributed by atoms with Crippen LogP contribution >= 0.6 is 0 Å². The van der Waals surface area contributed by atoms with Crippen molar-refractivity contribution in [2.45, 2.75) is 6.61 Å². The van der Waals surface area contributed by atoms with Crippen LogP contribution in [0, 0.1) is 10.1 Å². The van der Waals surface area contributed by atoms with Crippen molar-refractivity contribution >= 4 is 23.0 Å². The Kier molecular flexibility index (Phi) is 6.62. The number of morpholine rings is 1. The summed E-state index contributed by atoms with van der Waals surface area (Å²) in [7, 11) is 0. The van der Waals surface area contributed by atoms with E-state index < -0.39 is 4.92 Å². The predicted molar refractivity (Wildman–Crippen MR) is 121 cm³/mol. The van der Waals surface area contributed by atoms with Crippen LogP contribution in [0.2, 0.25) is 0 Å². The number of carbonyl (C=O) groups excluding carboxylic acids is 1. The van der Waals surface area contributed by atoms with Crippen molar-refractivity contribution < 1.29 is 19.2 Å². The zero-order chi connectivity index (χ0) is 22.3. The van der Waals surface area contributed by atoms with E-state index in [1.165, 1.54) is 6.07 Å². The maximum Gasteiger partial charge on any atom is 0.294 e. The summed E-state index contributed by atoms with van der Waals surface area (Å²) in [6, 6.07) is 21.3. The van der Waals surface area contributed by atoms with Crippen LogP contribution in [0.1, 0.15) is 15.9 Å². The Morgan fingerprint density at radius 2 is 1.81 bits per heavy atom. The van der Waals surface area contributed by atoms with Gasteiger partial charge in [0.2, 0.25) is 0 Å². The second-order valence-electron chi connectivity index (χ2n) is 7.32. The molecule has 1 aliphatic heterocycles. The lowest BCUT2D eigenvalue weighted by Gasteiger charge is -2.28. The zero-order valence-corrected chi connectivity index (χ0v) is 17.4. The molecule has 0 unspecified atom stereocenters. The molecule has 8 nitrogen and oxygen atoms in total. The molecule has 0 saturated carbocycles. The maximum atomic E-state index is 12.7. The summed E-state index contributed by atoms with van der Waals surface area (Å²) in [5.74, 6) is 0.193. The normalized spacial score (nSPS) is 13.4. The van der Waals surface area contributed by atoms with Crippen molar-refractivity contribution in [3.63, 3.8) is 0 Å². The first-order valence-corrected chi connectivity index (χ1v) is 10.3. The molecule has 164 valence electrons. The van der Waals surface area contributed by atoms with Crippen molar-refractivity contribution in [1.29, 1.82) is 0 Å². The first-order valence-electron chi connectivity index (χ1n) is 10.3. The highest BCUT2D eigenvalue weighted by molar-refractivity contribution is 6.04. The topological polar surface area (TPSA) is 93.9 Å². The van der Waals surface area contributed by atoms with Gasteiger partial charge in [0.25, 0.3) is 11.6 Å². The SMILES string of the molecule is O=C(Nc1ccc(N2CCOCC2)c([N+](=O)[O-])c1)c1cccc(OCc2ccccc2)c1. The first-order chi connectivity index (χ1) is 15.6. The molecule has 0 atom stereocenters. The van der Waals surface area contributed by atoms with E-state index in [1.54, 1.807) is 36.4 Å². The summed E-state index contributed by atoms with van der Waals surface area (Å²) in [6.45, 7) is 2.61. The molecule has 3 aromatic carbocycles. The predicted octanol–water partition coefficient (Wildman–Crippen LogP) is 4.26. The van der Waals surface area contributed by atoms with Crippen LogP contribution in [-0.4, -0.2) is 37.1 Å². The lowest BCUT2D eigenvalue weighted by atomic mass is 10.1. The summed E-state index contributed by atoms with van der Waals surface area (Å²) in [4.78, 5) is 25.9. The van der Waals surface area contributed by atoms with Gasteiger partial charge in [0.15, 0.2) is 0 Å². The van der Waals surface area contributed by atoms with Crippen LogP contribution in [0.15, 0.2) is 72.8 Å². The van der Waals surface area contributed by atoms with Crippen LogP contribution in [0.5, 0.6) is 5.75 Å². The summed E-state index contributed by atoms with van der Waals surface area (Å²) < 4.78 is 11.1. The minimum Gasteiger partial charge on any atom is -0.489 e. The molecule has 1 N–H and O–H groups in total. The van der Waals surface area contributed by atoms with E-state index in [1.807, 2.05) is 35.2 Å². The Morgan fingerprint density at radius 1 is 1.03 bits per heavy atom. The summed E-state index contributed by atoms with van der Waals surface area (Å²) >= 11 is 0. The number of ether oxygens (including phenoxy) is 2. The fourth-order valence-electron chi connectivity index (χ4n) is 3.49. The minimum absolute atomic E-state index is 0.0513. The van der Waals surface area contributed by atoms with E-state index in [0.717, 1.165) is 5.56 Å². The molecule has 0 spiro atoms. The molecule has 1 amide bonds. The van der Waals surface area contributed by atoms with Gasteiger partial charge in [0.05, 0.1) is 18.1 Å². The fourth-order valence-corrected chi connectivity index (χ4v) is 3.49. The average Bonchev–Trinajstić information content (AvgIpc) is 2.84. The molecule has 0 bridgehead atoms. The number of nitrogens with one attached hydrogen (secondary N) is 1. The molecule has 1 fully saturated rings. The molecule has 1 heterocycles. The number of anilines is 2. The monoisotopic (exact) mass is 433 g/mol. The first kappa shape index (κ1) is 21.3. The van der Waals surface area contributed by atoms with Crippen LogP contribution in [0.4, 0.5) is 17.1 Å². The number of carbonyl (C=O) groups is 1. The quantitative estimate of drug-likeness (QED) is 0.442. The average molecular weight is 433 g/mol. The molecule has 3 aromatic rings. The molecule has 1 aliphatic rings. The number of benzene rings is 3. The Labute approximate surface area is 185 Å². The molecule has 0 aromatic heterocycles. The van der Waals surface area contributed by atoms with Gasteiger partial charge in [-0.3, -0.25) is 14.9 Å². The largest absolute Gasteiger partial charge is 0.489 e. The number of amides is 1. The lowest BCUT2D eigenvalue weighted by Crippen LogP contribution is -2.36. The fraction of sp³-hybridized carbons (Fsp3) is 0.208. The van der Waals surface area contributed by atoms with Crippen molar-refractivity contribution in [2.24, 2.45) is 0 Å². The number of nitrogens with zero attached hydrogens (tertiary/aromatic N) is 2. The standard InChI is InChI=1S/C24H23N3O5/c28-24(19-7-4-8-21(15-19)32-17-18-5-2-1-3-6-18)25-20-9-10-22(23(16-20)27(29)30)26-11-13-31-14-12-26/h1-10,15-16H,11-14,17H2,(H,25,28). The van der Waals surface area contributed by atoms with Gasteiger partial charge in [-0.05, 0) is 35.9 Å². The Balaban J connectivity index is 1.46. The van der Waals surface area contributed by atoms with Crippen molar-refractivity contribution in [2.75, 3.05) is 36.5 Å². The molecule has 1 saturated heterocycles. The van der Waals surface area contributed by atoms with Crippen molar-refractivity contribution in [3.05, 3.63) is 94.0 Å². The Morgan fingerprint density at radius 3 is 2.56 bits per heavy atom. The minimum atomic E-state index is -0.432. The highest BCUT2D eigenvalue weighted by Crippen LogP contribution is 2.32. The van der Waals surface area contributed by atoms with Gasteiger partial charge in [-0.1, -0.05) is 36.4 Å². The van der Waals surface area contributed by atoms with Gasteiger partial charge in [-0.25, -0.2) is 0 Å². The highest BCUT2D eigenvalue weighted by atomic mass is 16.6. The third-order valence-electron chi connectivity index (χ3n) is 5.13. The van der Waals surface area contributed by atoms with Crippen LogP contribution < -0.4 is 15.0 Å². The summed E-state index contributed by atoms with van der Waals surface area (Å²) in [5, 5.41) is 14.4. The summed E-state index contributed by atoms with van der Waals surface area (Å²) in [6.07, 6.45) is 0. The van der Waals surface area contributed by atoms with Crippen LogP contribution in [-0.2, 0) is 11.3 Å². The third kappa shape index (κ3) is 5.22. The maximum absolute atomic E-state index is 12.7. The van der Waals surface area contributed by atoms with E-state index in [2.05, 4.69) is 5.32 Å². The van der Waals surface area contributed by atoms with E-state index in [0.29, 0.717) is 55.6 Å². The molecule has 32 heavy (non-hydrogen) atoms. The van der Waals surface area contributed by atoms with Gasteiger partial charge in [0, 0.05) is 30.4 Å². The van der Waals surface area contributed by atoms with Gasteiger partial charge in [0.1, 0.15) is 18.0 Å². The molecular formula is C24H23N3O5. The van der Waals surface area contributed by atoms with Gasteiger partial charge >= 0.3 is 0 Å². The third-order valence-corrected chi connectivity index (χ3v) is 5.13. The van der Waals surface area contributed by atoms with Gasteiger partial charge in [-0.2, -0.15) is 0 Å². The Bertz CT molecular complexity index is 1100. The number of nitro benzene ring substituents is 1. The number of rotatable bonds is 7. The molecule has 0 radical (unpaired) electrons.